The molecule has 0 fully saturated rings. The van der Waals surface area contributed by atoms with Crippen LogP contribution in [0.1, 0.15) is 32.5 Å². The number of aryl methyl sites for hydroxylation is 2. The van der Waals surface area contributed by atoms with Crippen LogP contribution in [0.15, 0.2) is 71.3 Å². The molecule has 3 aromatic rings. The van der Waals surface area contributed by atoms with Crippen molar-refractivity contribution < 1.29 is 14.7 Å². The molecule has 28 heavy (non-hydrogen) atoms. The number of ketones is 1. The van der Waals surface area contributed by atoms with Gasteiger partial charge in [-0.3, -0.25) is 14.5 Å². The van der Waals surface area contributed by atoms with E-state index in [2.05, 4.69) is 4.98 Å². The van der Waals surface area contributed by atoms with Gasteiger partial charge in [0.05, 0.1) is 16.5 Å². The number of hydrogen-bond acceptors (Lipinski definition) is 5. The molecule has 2 aromatic heterocycles. The zero-order chi connectivity index (χ0) is 19.8. The first kappa shape index (κ1) is 18.1. The molecule has 5 nitrogen and oxygen atoms in total. The van der Waals surface area contributed by atoms with Gasteiger partial charge in [-0.25, -0.2) is 4.98 Å². The van der Waals surface area contributed by atoms with Crippen LogP contribution in [-0.4, -0.2) is 21.8 Å². The maximum atomic E-state index is 13.2. The first-order valence-electron chi connectivity index (χ1n) is 8.82. The lowest BCUT2D eigenvalue weighted by Gasteiger charge is -2.26. The number of anilines is 1. The maximum Gasteiger partial charge on any atom is 0.295 e. The highest BCUT2D eigenvalue weighted by atomic mass is 32.1. The van der Waals surface area contributed by atoms with Gasteiger partial charge in [0.15, 0.2) is 5.76 Å². The zero-order valence-electron chi connectivity index (χ0n) is 15.4. The fraction of sp³-hybridized carbons (Fsp3) is 0.136. The lowest BCUT2D eigenvalue weighted by Crippen LogP contribution is -2.31. The van der Waals surface area contributed by atoms with Gasteiger partial charge in [-0.05, 0) is 43.0 Å². The van der Waals surface area contributed by atoms with E-state index in [-0.39, 0.29) is 11.4 Å². The minimum atomic E-state index is -0.739. The Labute approximate surface area is 166 Å². The van der Waals surface area contributed by atoms with E-state index in [0.29, 0.717) is 10.7 Å². The molecule has 0 spiro atoms. The number of aromatic nitrogens is 1. The Balaban J connectivity index is 1.89. The molecule has 1 aliphatic rings. The third-order valence-electron chi connectivity index (χ3n) is 4.71. The molecule has 6 heteroatoms. The van der Waals surface area contributed by atoms with Crippen LogP contribution in [0.2, 0.25) is 0 Å². The highest BCUT2D eigenvalue weighted by molar-refractivity contribution is 7.12. The molecule has 0 aliphatic carbocycles. The Morgan fingerprint density at radius 1 is 1.07 bits per heavy atom. The first-order chi connectivity index (χ1) is 13.5. The number of amides is 1. The molecule has 140 valence electrons. The van der Waals surface area contributed by atoms with Crippen LogP contribution in [0, 0.1) is 13.8 Å². The van der Waals surface area contributed by atoms with Gasteiger partial charge in [-0.2, -0.15) is 0 Å². The van der Waals surface area contributed by atoms with Gasteiger partial charge in [-0.1, -0.05) is 42.0 Å². The van der Waals surface area contributed by atoms with Crippen LogP contribution in [0.4, 0.5) is 5.82 Å². The molecule has 1 atom stereocenters. The minimum Gasteiger partial charge on any atom is -0.503 e. The second kappa shape index (κ2) is 7.05. The third kappa shape index (κ3) is 3.01. The van der Waals surface area contributed by atoms with Crippen LogP contribution in [0.3, 0.4) is 0 Å². The summed E-state index contributed by atoms with van der Waals surface area (Å²) in [5, 5.41) is 12.5. The Hall–Kier alpha value is -3.25. The Bertz CT molecular complexity index is 1090. The van der Waals surface area contributed by atoms with Crippen molar-refractivity contribution in [3.05, 3.63) is 93.0 Å². The van der Waals surface area contributed by atoms with Crippen LogP contribution in [0.5, 0.6) is 0 Å². The molecular weight excluding hydrogens is 372 g/mol. The minimum absolute atomic E-state index is 0.0830. The summed E-state index contributed by atoms with van der Waals surface area (Å²) in [6.45, 7) is 3.80. The van der Waals surface area contributed by atoms with Crippen molar-refractivity contribution in [2.24, 2.45) is 0 Å². The topological polar surface area (TPSA) is 70.5 Å². The number of Topliss-reactive ketones (excluding diaryl/α,β-unsaturated/α-hetero) is 1. The summed E-state index contributed by atoms with van der Waals surface area (Å²) in [6.07, 6.45) is 0. The Kier molecular flexibility index (Phi) is 4.57. The average Bonchev–Trinajstić information content (AvgIpc) is 3.30. The quantitative estimate of drug-likeness (QED) is 0.664. The van der Waals surface area contributed by atoms with Gasteiger partial charge in [0, 0.05) is 5.69 Å². The molecule has 1 aromatic carbocycles. The van der Waals surface area contributed by atoms with Crippen molar-refractivity contribution in [2.75, 3.05) is 4.90 Å². The van der Waals surface area contributed by atoms with Gasteiger partial charge < -0.3 is 5.11 Å². The summed E-state index contributed by atoms with van der Waals surface area (Å²) < 4.78 is 0. The van der Waals surface area contributed by atoms with Gasteiger partial charge in [0.2, 0.25) is 5.78 Å². The summed E-state index contributed by atoms with van der Waals surface area (Å²) in [5.74, 6) is -1.09. The van der Waals surface area contributed by atoms with E-state index in [1.165, 1.54) is 16.2 Å². The van der Waals surface area contributed by atoms with Gasteiger partial charge >= 0.3 is 0 Å². The summed E-state index contributed by atoms with van der Waals surface area (Å²) in [7, 11) is 0. The van der Waals surface area contributed by atoms with Crippen molar-refractivity contribution in [1.29, 1.82) is 0 Å². The smallest absolute Gasteiger partial charge is 0.295 e. The van der Waals surface area contributed by atoms with Gasteiger partial charge in [0.25, 0.3) is 5.91 Å². The van der Waals surface area contributed by atoms with Crippen molar-refractivity contribution in [3.8, 4) is 0 Å². The van der Waals surface area contributed by atoms with E-state index in [9.17, 15) is 14.7 Å². The van der Waals surface area contributed by atoms with E-state index in [1.54, 1.807) is 29.6 Å². The van der Waals surface area contributed by atoms with Crippen LogP contribution >= 0.6 is 11.3 Å². The third-order valence-corrected chi connectivity index (χ3v) is 5.58. The predicted molar refractivity (Wildman–Crippen MR) is 109 cm³/mol. The van der Waals surface area contributed by atoms with Crippen LogP contribution in [-0.2, 0) is 4.79 Å². The van der Waals surface area contributed by atoms with Crippen LogP contribution < -0.4 is 4.90 Å². The van der Waals surface area contributed by atoms with Crippen LogP contribution in [0.25, 0.3) is 0 Å². The zero-order valence-corrected chi connectivity index (χ0v) is 16.2. The molecule has 0 saturated heterocycles. The number of pyridine rings is 1. The summed E-state index contributed by atoms with van der Waals surface area (Å²) >= 11 is 1.28. The van der Waals surface area contributed by atoms with Crippen molar-refractivity contribution >= 4 is 28.8 Å². The molecule has 0 saturated carbocycles. The monoisotopic (exact) mass is 390 g/mol. The van der Waals surface area contributed by atoms with Gasteiger partial charge in [-0.15, -0.1) is 11.3 Å². The van der Waals surface area contributed by atoms with E-state index in [0.717, 1.165) is 16.8 Å². The molecule has 0 unspecified atom stereocenters. The van der Waals surface area contributed by atoms with E-state index >= 15 is 0 Å². The van der Waals surface area contributed by atoms with Gasteiger partial charge in [0.1, 0.15) is 5.82 Å². The molecule has 1 aliphatic heterocycles. The number of hydrogen-bond donors (Lipinski definition) is 1. The molecular formula is C22H18N2O3S. The fourth-order valence-corrected chi connectivity index (χ4v) is 4.02. The molecule has 1 N–H and O–H groups in total. The molecule has 3 heterocycles. The second-order valence-electron chi connectivity index (χ2n) is 6.69. The predicted octanol–water partition coefficient (Wildman–Crippen LogP) is 4.54. The largest absolute Gasteiger partial charge is 0.503 e. The highest BCUT2D eigenvalue weighted by Crippen LogP contribution is 2.41. The number of aliphatic hydroxyl groups excluding tert-OH is 1. The SMILES string of the molecule is Cc1ccc([C@@H]2C(C(=O)c3cccs3)=C(O)C(=O)N2c2cccc(C)n2)cc1. The summed E-state index contributed by atoms with van der Waals surface area (Å²) in [6, 6.07) is 15.6. The number of nitrogens with zero attached hydrogens (tertiary/aromatic N) is 2. The Morgan fingerprint density at radius 2 is 1.82 bits per heavy atom. The highest BCUT2D eigenvalue weighted by Gasteiger charge is 2.45. The maximum absolute atomic E-state index is 13.2. The number of rotatable bonds is 4. The first-order valence-corrected chi connectivity index (χ1v) is 9.70. The van der Waals surface area contributed by atoms with E-state index in [4.69, 9.17) is 0 Å². The number of carbonyl (C=O) groups is 2. The molecule has 1 amide bonds. The van der Waals surface area contributed by atoms with E-state index < -0.39 is 17.7 Å². The molecule has 0 bridgehead atoms. The van der Waals surface area contributed by atoms with Crippen molar-refractivity contribution in [3.63, 3.8) is 0 Å². The normalized spacial score (nSPS) is 16.7. The van der Waals surface area contributed by atoms with Crippen molar-refractivity contribution in [2.45, 2.75) is 19.9 Å². The lowest BCUT2D eigenvalue weighted by atomic mass is 9.95. The van der Waals surface area contributed by atoms with Crippen molar-refractivity contribution in [1.82, 2.24) is 4.98 Å². The standard InChI is InChI=1S/C22H18N2O3S/c1-13-8-10-15(11-9-13)19-18(20(25)16-6-4-12-28-16)21(26)22(27)24(19)17-7-3-5-14(2)23-17/h3-12,19,26H,1-2H3/t19-/m1/s1. The number of carbonyl (C=O) groups excluding carboxylic acids is 2. The van der Waals surface area contributed by atoms with E-state index in [1.807, 2.05) is 44.2 Å². The summed E-state index contributed by atoms with van der Waals surface area (Å²) in [5.41, 5.74) is 2.63. The lowest BCUT2D eigenvalue weighted by molar-refractivity contribution is -0.117. The second-order valence-corrected chi connectivity index (χ2v) is 7.64. The molecule has 4 rings (SSSR count). The Morgan fingerprint density at radius 3 is 2.46 bits per heavy atom. The number of thiophene rings is 1. The summed E-state index contributed by atoms with van der Waals surface area (Å²) in [4.78, 5) is 32.5. The number of aliphatic hydroxyl groups is 1. The average molecular weight is 390 g/mol. The number of benzene rings is 1. The molecule has 0 radical (unpaired) electrons. The fourth-order valence-electron chi connectivity index (χ4n) is 3.34.